The molecule has 2 aromatic carbocycles. The first kappa shape index (κ1) is 14.6. The van der Waals surface area contributed by atoms with Gasteiger partial charge >= 0.3 is 0 Å². The molecule has 1 aliphatic carbocycles. The monoisotopic (exact) mass is 283 g/mol. The fourth-order valence-corrected chi connectivity index (χ4v) is 3.45. The van der Waals surface area contributed by atoms with Gasteiger partial charge in [0.25, 0.3) is 0 Å². The summed E-state index contributed by atoms with van der Waals surface area (Å²) in [6, 6.07) is 10.9. The van der Waals surface area contributed by atoms with Crippen LogP contribution in [0, 0.1) is 0 Å². The van der Waals surface area contributed by atoms with Gasteiger partial charge in [-0.05, 0) is 74.2 Å². The molecule has 0 aromatic heterocycles. The molecule has 2 nitrogen and oxygen atoms in total. The van der Waals surface area contributed by atoms with Crippen molar-refractivity contribution in [3.63, 3.8) is 0 Å². The first-order valence-electron chi connectivity index (χ1n) is 7.97. The molecule has 3 rings (SSSR count). The Bertz CT molecular complexity index is 647. The van der Waals surface area contributed by atoms with E-state index in [-0.39, 0.29) is 6.04 Å². The maximum Gasteiger partial charge on any atom is 0.0948 e. The molecule has 2 atom stereocenters. The molecule has 21 heavy (non-hydrogen) atoms. The fraction of sp³-hybridized carbons (Fsp3) is 0.474. The Morgan fingerprint density at radius 1 is 1.05 bits per heavy atom. The number of aryl methyl sites for hydroxylation is 2. The van der Waals surface area contributed by atoms with Gasteiger partial charge in [0.2, 0.25) is 0 Å². The number of aliphatic hydroxyl groups excluding tert-OH is 1. The molecule has 1 N–H and O–H groups in total. The SMILES string of the molecule is C[C@@H]([C@@H](O)c1cc2c(c3ccccc13)CCCC2)N(C)C. The van der Waals surface area contributed by atoms with Gasteiger partial charge in [0.05, 0.1) is 6.10 Å². The molecule has 1 aliphatic rings. The number of nitrogens with zero attached hydrogens (tertiary/aromatic N) is 1. The molecule has 0 saturated heterocycles. The number of fused-ring (bicyclic) bond motifs is 3. The van der Waals surface area contributed by atoms with Crippen LogP contribution in [0.3, 0.4) is 0 Å². The highest BCUT2D eigenvalue weighted by Crippen LogP contribution is 2.35. The van der Waals surface area contributed by atoms with E-state index in [1.54, 1.807) is 0 Å². The average Bonchev–Trinajstić information content (AvgIpc) is 2.52. The van der Waals surface area contributed by atoms with E-state index in [0.717, 1.165) is 12.0 Å². The molecule has 0 aliphatic heterocycles. The Morgan fingerprint density at radius 3 is 2.43 bits per heavy atom. The molecule has 0 heterocycles. The number of hydrogen-bond donors (Lipinski definition) is 1. The Balaban J connectivity index is 2.18. The van der Waals surface area contributed by atoms with E-state index in [1.807, 2.05) is 14.1 Å². The van der Waals surface area contributed by atoms with Crippen LogP contribution in [0.1, 0.15) is 42.6 Å². The van der Waals surface area contributed by atoms with Crippen molar-refractivity contribution >= 4 is 10.8 Å². The van der Waals surface area contributed by atoms with E-state index in [1.165, 1.54) is 41.2 Å². The van der Waals surface area contributed by atoms with Crippen LogP contribution in [0.25, 0.3) is 10.8 Å². The van der Waals surface area contributed by atoms with E-state index >= 15 is 0 Å². The quantitative estimate of drug-likeness (QED) is 0.928. The minimum Gasteiger partial charge on any atom is -0.387 e. The molecule has 112 valence electrons. The van der Waals surface area contributed by atoms with Crippen molar-refractivity contribution in [1.29, 1.82) is 0 Å². The number of likely N-dealkylation sites (N-methyl/N-ethyl adjacent to an activating group) is 1. The van der Waals surface area contributed by atoms with Crippen molar-refractivity contribution in [3.8, 4) is 0 Å². The summed E-state index contributed by atoms with van der Waals surface area (Å²) in [4.78, 5) is 2.08. The predicted octanol–water partition coefficient (Wildman–Crippen LogP) is 3.70. The summed E-state index contributed by atoms with van der Waals surface area (Å²) in [6.45, 7) is 2.08. The van der Waals surface area contributed by atoms with Crippen LogP contribution in [0.5, 0.6) is 0 Å². The van der Waals surface area contributed by atoms with Gasteiger partial charge in [0, 0.05) is 6.04 Å². The Labute approximate surface area is 127 Å². The molecule has 2 heteroatoms. The highest BCUT2D eigenvalue weighted by molar-refractivity contribution is 5.90. The maximum absolute atomic E-state index is 10.8. The smallest absolute Gasteiger partial charge is 0.0948 e. The molecule has 0 radical (unpaired) electrons. The molecule has 2 aromatic rings. The summed E-state index contributed by atoms with van der Waals surface area (Å²) in [5.41, 5.74) is 4.04. The zero-order valence-electron chi connectivity index (χ0n) is 13.3. The molecular weight excluding hydrogens is 258 g/mol. The molecule has 0 bridgehead atoms. The van der Waals surface area contributed by atoms with Crippen LogP contribution in [-0.4, -0.2) is 30.1 Å². The highest BCUT2D eigenvalue weighted by atomic mass is 16.3. The number of rotatable bonds is 3. The maximum atomic E-state index is 10.8. The lowest BCUT2D eigenvalue weighted by molar-refractivity contribution is 0.0869. The van der Waals surface area contributed by atoms with Crippen molar-refractivity contribution in [2.45, 2.75) is 44.8 Å². The van der Waals surface area contributed by atoms with E-state index in [0.29, 0.717) is 0 Å². The summed E-state index contributed by atoms with van der Waals surface area (Å²) in [5.74, 6) is 0. The van der Waals surface area contributed by atoms with Crippen LogP contribution < -0.4 is 0 Å². The molecule has 0 saturated carbocycles. The van der Waals surface area contributed by atoms with Crippen molar-refractivity contribution < 1.29 is 5.11 Å². The first-order chi connectivity index (χ1) is 10.1. The van der Waals surface area contributed by atoms with Crippen LogP contribution in [-0.2, 0) is 12.8 Å². The van der Waals surface area contributed by atoms with Crippen LogP contribution in [0.4, 0.5) is 0 Å². The van der Waals surface area contributed by atoms with Gasteiger partial charge in [0.15, 0.2) is 0 Å². The Hall–Kier alpha value is -1.38. The summed E-state index contributed by atoms with van der Waals surface area (Å²) in [6.07, 6.45) is 4.43. The molecule has 0 spiro atoms. The van der Waals surface area contributed by atoms with Crippen molar-refractivity contribution in [2.24, 2.45) is 0 Å². The van der Waals surface area contributed by atoms with Crippen molar-refractivity contribution in [3.05, 3.63) is 47.0 Å². The third kappa shape index (κ3) is 2.58. The van der Waals surface area contributed by atoms with Gasteiger partial charge in [-0.2, -0.15) is 0 Å². The minimum absolute atomic E-state index is 0.107. The second-order valence-corrected chi connectivity index (χ2v) is 6.51. The largest absolute Gasteiger partial charge is 0.387 e. The predicted molar refractivity (Wildman–Crippen MR) is 88.7 cm³/mol. The number of hydrogen-bond acceptors (Lipinski definition) is 2. The normalized spacial score (nSPS) is 17.8. The number of benzene rings is 2. The van der Waals surface area contributed by atoms with Crippen LogP contribution >= 0.6 is 0 Å². The Kier molecular flexibility index (Phi) is 4.01. The standard InChI is InChI=1S/C19H25NO/c1-13(20(2)3)19(21)18-12-14-8-4-5-9-15(14)16-10-6-7-11-17(16)18/h6-7,10-13,19,21H,4-5,8-9H2,1-3H3/t13-,19+/m0/s1. The summed E-state index contributed by atoms with van der Waals surface area (Å²) in [5, 5.41) is 13.4. The zero-order chi connectivity index (χ0) is 15.0. The topological polar surface area (TPSA) is 23.5 Å². The van der Waals surface area contributed by atoms with E-state index < -0.39 is 6.10 Å². The van der Waals surface area contributed by atoms with Gasteiger partial charge in [0.1, 0.15) is 0 Å². The molecule has 0 fully saturated rings. The lowest BCUT2D eigenvalue weighted by Gasteiger charge is -2.28. The first-order valence-corrected chi connectivity index (χ1v) is 7.97. The third-order valence-corrected chi connectivity index (χ3v) is 4.99. The zero-order valence-corrected chi connectivity index (χ0v) is 13.3. The molecular formula is C19H25NO. The minimum atomic E-state index is -0.447. The second-order valence-electron chi connectivity index (χ2n) is 6.51. The second kappa shape index (κ2) is 5.78. The van der Waals surface area contributed by atoms with Gasteiger partial charge in [-0.15, -0.1) is 0 Å². The van der Waals surface area contributed by atoms with Gasteiger partial charge < -0.3 is 10.0 Å². The molecule has 0 unspecified atom stereocenters. The van der Waals surface area contributed by atoms with Crippen LogP contribution in [0.15, 0.2) is 30.3 Å². The van der Waals surface area contributed by atoms with E-state index in [2.05, 4.69) is 42.2 Å². The summed E-state index contributed by atoms with van der Waals surface area (Å²) < 4.78 is 0. The van der Waals surface area contributed by atoms with Crippen LogP contribution in [0.2, 0.25) is 0 Å². The van der Waals surface area contributed by atoms with E-state index in [9.17, 15) is 5.11 Å². The average molecular weight is 283 g/mol. The van der Waals surface area contributed by atoms with Crippen molar-refractivity contribution in [1.82, 2.24) is 4.90 Å². The van der Waals surface area contributed by atoms with E-state index in [4.69, 9.17) is 0 Å². The summed E-state index contributed by atoms with van der Waals surface area (Å²) >= 11 is 0. The fourth-order valence-electron chi connectivity index (χ4n) is 3.45. The summed E-state index contributed by atoms with van der Waals surface area (Å²) in [7, 11) is 4.04. The van der Waals surface area contributed by atoms with Gasteiger partial charge in [-0.25, -0.2) is 0 Å². The lowest BCUT2D eigenvalue weighted by Crippen LogP contribution is -2.31. The number of aliphatic hydroxyl groups is 1. The third-order valence-electron chi connectivity index (χ3n) is 4.99. The van der Waals surface area contributed by atoms with Crippen molar-refractivity contribution in [2.75, 3.05) is 14.1 Å². The molecule has 0 amide bonds. The van der Waals surface area contributed by atoms with Gasteiger partial charge in [-0.1, -0.05) is 30.3 Å². The Morgan fingerprint density at radius 2 is 1.71 bits per heavy atom. The highest BCUT2D eigenvalue weighted by Gasteiger charge is 2.23. The lowest BCUT2D eigenvalue weighted by atomic mass is 9.84. The van der Waals surface area contributed by atoms with Gasteiger partial charge in [-0.3, -0.25) is 0 Å².